The van der Waals surface area contributed by atoms with Gasteiger partial charge in [-0.25, -0.2) is 8.78 Å². The fourth-order valence-electron chi connectivity index (χ4n) is 1.91. The van der Waals surface area contributed by atoms with Crippen LogP contribution in [0.25, 0.3) is 0 Å². The predicted molar refractivity (Wildman–Crippen MR) is 59.3 cm³/mol. The van der Waals surface area contributed by atoms with Crippen LogP contribution in [-0.2, 0) is 4.79 Å². The predicted octanol–water partition coefficient (Wildman–Crippen LogP) is 2.97. The van der Waals surface area contributed by atoms with Gasteiger partial charge in [0.05, 0.1) is 0 Å². The summed E-state index contributed by atoms with van der Waals surface area (Å²) in [6.07, 6.45) is 1.31. The number of hydrogen-bond acceptors (Lipinski definition) is 1. The fourth-order valence-corrected chi connectivity index (χ4v) is 1.91. The minimum Gasteiger partial charge on any atom is -0.353 e. The highest BCUT2D eigenvalue weighted by atomic mass is 19.3. The van der Waals surface area contributed by atoms with E-state index in [1.165, 1.54) is 0 Å². The molecule has 94 valence electrons. The van der Waals surface area contributed by atoms with Gasteiger partial charge in [0.15, 0.2) is 0 Å². The van der Waals surface area contributed by atoms with Crippen LogP contribution in [0.3, 0.4) is 0 Å². The molecule has 1 rings (SSSR count). The van der Waals surface area contributed by atoms with E-state index < -0.39 is 17.2 Å². The molecule has 4 heteroatoms. The van der Waals surface area contributed by atoms with Gasteiger partial charge < -0.3 is 5.32 Å². The summed E-state index contributed by atoms with van der Waals surface area (Å²) in [5, 5.41) is 2.71. The van der Waals surface area contributed by atoms with E-state index in [0.29, 0.717) is 19.3 Å². The Morgan fingerprint density at radius 2 is 1.81 bits per heavy atom. The first-order chi connectivity index (χ1) is 7.21. The average molecular weight is 233 g/mol. The van der Waals surface area contributed by atoms with Crippen LogP contribution in [0.2, 0.25) is 0 Å². The van der Waals surface area contributed by atoms with E-state index in [2.05, 4.69) is 5.32 Å². The second-order valence-corrected chi connectivity index (χ2v) is 5.33. The topological polar surface area (TPSA) is 29.1 Å². The van der Waals surface area contributed by atoms with Gasteiger partial charge in [-0.3, -0.25) is 4.79 Å². The van der Waals surface area contributed by atoms with E-state index in [9.17, 15) is 13.6 Å². The zero-order chi connectivity index (χ0) is 12.6. The number of carbonyl (C=O) groups is 1. The molecule has 0 radical (unpaired) electrons. The van der Waals surface area contributed by atoms with Crippen LogP contribution in [0.1, 0.15) is 47.0 Å². The summed E-state index contributed by atoms with van der Waals surface area (Å²) in [7, 11) is 0. The maximum absolute atomic E-state index is 13.5. The van der Waals surface area contributed by atoms with Crippen molar-refractivity contribution in [2.45, 2.75) is 58.9 Å². The Labute approximate surface area is 95.8 Å². The van der Waals surface area contributed by atoms with Gasteiger partial charge in [0.1, 0.15) is 5.41 Å². The third-order valence-electron chi connectivity index (χ3n) is 3.84. The summed E-state index contributed by atoms with van der Waals surface area (Å²) in [4.78, 5) is 11.9. The molecule has 0 aromatic rings. The Hall–Kier alpha value is -0.670. The highest BCUT2D eigenvalue weighted by Crippen LogP contribution is 2.52. The second kappa shape index (κ2) is 4.30. The van der Waals surface area contributed by atoms with Crippen molar-refractivity contribution in [2.75, 3.05) is 0 Å². The molecule has 0 aromatic carbocycles. The quantitative estimate of drug-likeness (QED) is 0.794. The van der Waals surface area contributed by atoms with Crippen molar-refractivity contribution in [3.8, 4) is 0 Å². The molecule has 0 heterocycles. The smallest absolute Gasteiger partial charge is 0.259 e. The molecule has 0 saturated heterocycles. The van der Waals surface area contributed by atoms with Crippen molar-refractivity contribution in [1.29, 1.82) is 0 Å². The molecule has 1 atom stereocenters. The summed E-state index contributed by atoms with van der Waals surface area (Å²) >= 11 is 0. The summed E-state index contributed by atoms with van der Waals surface area (Å²) in [6, 6.07) is -0.0627. The zero-order valence-corrected chi connectivity index (χ0v) is 10.4. The number of hydrogen-bond donors (Lipinski definition) is 1. The number of alkyl halides is 2. The number of carbonyl (C=O) groups excluding carboxylic acids is 1. The van der Waals surface area contributed by atoms with E-state index in [0.717, 1.165) is 6.92 Å². The van der Waals surface area contributed by atoms with Crippen LogP contribution in [-0.4, -0.2) is 17.9 Å². The maximum Gasteiger partial charge on any atom is 0.259 e. The van der Waals surface area contributed by atoms with Crippen molar-refractivity contribution >= 4 is 5.91 Å². The van der Waals surface area contributed by atoms with E-state index in [-0.39, 0.29) is 12.0 Å². The number of nitrogens with one attached hydrogen (secondary N) is 1. The highest BCUT2D eigenvalue weighted by molar-refractivity contribution is 5.84. The van der Waals surface area contributed by atoms with Crippen molar-refractivity contribution < 1.29 is 13.6 Å². The minimum atomic E-state index is -2.92. The van der Waals surface area contributed by atoms with Gasteiger partial charge in [0.2, 0.25) is 5.91 Å². The molecule has 0 bridgehead atoms. The molecule has 0 spiro atoms. The normalized spacial score (nSPS) is 21.4. The molecule has 1 aliphatic rings. The van der Waals surface area contributed by atoms with Crippen molar-refractivity contribution in [1.82, 2.24) is 5.32 Å². The van der Waals surface area contributed by atoms with Crippen LogP contribution in [0.5, 0.6) is 0 Å². The summed E-state index contributed by atoms with van der Waals surface area (Å²) in [5.41, 5.74) is -1.45. The Balaban J connectivity index is 2.72. The molecule has 0 unspecified atom stereocenters. The van der Waals surface area contributed by atoms with Gasteiger partial charge in [-0.2, -0.15) is 0 Å². The van der Waals surface area contributed by atoms with Gasteiger partial charge in [0.25, 0.3) is 5.92 Å². The van der Waals surface area contributed by atoms with Crippen LogP contribution in [0.15, 0.2) is 0 Å². The lowest BCUT2D eigenvalue weighted by Gasteiger charge is -2.44. The van der Waals surface area contributed by atoms with Crippen molar-refractivity contribution in [3.63, 3.8) is 0 Å². The Bertz CT molecular complexity index is 267. The largest absolute Gasteiger partial charge is 0.353 e. The third-order valence-corrected chi connectivity index (χ3v) is 3.84. The van der Waals surface area contributed by atoms with Crippen LogP contribution >= 0.6 is 0 Å². The molecule has 16 heavy (non-hydrogen) atoms. The molecule has 0 aromatic heterocycles. The minimum absolute atomic E-state index is 0.0627. The van der Waals surface area contributed by atoms with Crippen molar-refractivity contribution in [3.05, 3.63) is 0 Å². The van der Waals surface area contributed by atoms with Crippen LogP contribution in [0.4, 0.5) is 8.78 Å². The summed E-state index contributed by atoms with van der Waals surface area (Å²) < 4.78 is 26.9. The molecular formula is C12H21F2NO. The van der Waals surface area contributed by atoms with Gasteiger partial charge in [-0.05, 0) is 25.7 Å². The maximum atomic E-state index is 13.5. The fraction of sp³-hybridized carbons (Fsp3) is 0.917. The number of rotatable bonds is 4. The second-order valence-electron chi connectivity index (χ2n) is 5.33. The van der Waals surface area contributed by atoms with E-state index in [4.69, 9.17) is 0 Å². The van der Waals surface area contributed by atoms with Crippen LogP contribution in [0, 0.1) is 11.3 Å². The standard InChI is InChI=1S/C12H21F2NO/c1-8(2)9(3)15-10(16)12(6-5-7-12)11(4,13)14/h8-9H,5-7H2,1-4H3,(H,15,16)/t9-/m1/s1. The molecule has 0 aliphatic heterocycles. The monoisotopic (exact) mass is 233 g/mol. The van der Waals surface area contributed by atoms with E-state index in [1.807, 2.05) is 20.8 Å². The molecule has 2 nitrogen and oxygen atoms in total. The summed E-state index contributed by atoms with van der Waals surface area (Å²) in [5.74, 6) is -3.15. The van der Waals surface area contributed by atoms with E-state index in [1.54, 1.807) is 0 Å². The molecule has 1 saturated carbocycles. The van der Waals surface area contributed by atoms with Crippen molar-refractivity contribution in [2.24, 2.45) is 11.3 Å². The number of amides is 1. The van der Waals surface area contributed by atoms with Gasteiger partial charge in [-0.1, -0.05) is 20.3 Å². The molecule has 1 aliphatic carbocycles. The average Bonchev–Trinajstić information content (AvgIpc) is 1.97. The molecular weight excluding hydrogens is 212 g/mol. The molecule has 1 fully saturated rings. The first-order valence-corrected chi connectivity index (χ1v) is 5.89. The van der Waals surface area contributed by atoms with Crippen LogP contribution < -0.4 is 5.32 Å². The first kappa shape index (κ1) is 13.4. The highest BCUT2D eigenvalue weighted by Gasteiger charge is 2.59. The lowest BCUT2D eigenvalue weighted by molar-refractivity contribution is -0.175. The number of halogens is 2. The summed E-state index contributed by atoms with van der Waals surface area (Å²) in [6.45, 7) is 6.62. The van der Waals surface area contributed by atoms with Gasteiger partial charge >= 0.3 is 0 Å². The SMILES string of the molecule is CC(C)[C@@H](C)NC(=O)C1(C(C)(F)F)CCC1. The van der Waals surface area contributed by atoms with Gasteiger partial charge in [-0.15, -0.1) is 0 Å². The first-order valence-electron chi connectivity index (χ1n) is 5.89. The van der Waals surface area contributed by atoms with Gasteiger partial charge in [0, 0.05) is 13.0 Å². The molecule has 1 amide bonds. The lowest BCUT2D eigenvalue weighted by atomic mass is 9.64. The Kier molecular flexibility index (Phi) is 3.60. The third kappa shape index (κ3) is 2.20. The lowest BCUT2D eigenvalue weighted by Crippen LogP contribution is -2.57. The zero-order valence-electron chi connectivity index (χ0n) is 10.4. The Morgan fingerprint density at radius 3 is 2.06 bits per heavy atom. The Morgan fingerprint density at radius 1 is 1.31 bits per heavy atom. The van der Waals surface area contributed by atoms with E-state index >= 15 is 0 Å². The molecule has 1 N–H and O–H groups in total.